The molecule has 2 nitrogen and oxygen atoms in total. The van der Waals surface area contributed by atoms with Gasteiger partial charge in [-0.1, -0.05) is 76.9 Å². The van der Waals surface area contributed by atoms with E-state index in [0.29, 0.717) is 6.42 Å². The quantitative estimate of drug-likeness (QED) is 0.206. The number of aliphatic carboxylic acids is 1. The standard InChI is InChI=1S/C19H35ClO2/c1-3-4-5-6-7-8-9-10-11-12-13-14-15-16-17-19(2,20)18(21)22/h6-7H,3-5,8-17H2,1-2H3,(H,21,22)/b7-6-. The summed E-state index contributed by atoms with van der Waals surface area (Å²) in [5, 5.41) is 8.91. The van der Waals surface area contributed by atoms with Gasteiger partial charge in [0, 0.05) is 0 Å². The van der Waals surface area contributed by atoms with Crippen LogP contribution in [0, 0.1) is 0 Å². The normalized spacial score (nSPS) is 14.3. The molecule has 130 valence electrons. The van der Waals surface area contributed by atoms with Crippen molar-refractivity contribution in [2.45, 2.75) is 102 Å². The summed E-state index contributed by atoms with van der Waals surface area (Å²) in [7, 11) is 0. The topological polar surface area (TPSA) is 37.3 Å². The van der Waals surface area contributed by atoms with Crippen LogP contribution in [0.25, 0.3) is 0 Å². The van der Waals surface area contributed by atoms with E-state index >= 15 is 0 Å². The van der Waals surface area contributed by atoms with E-state index in [1.807, 2.05) is 0 Å². The fourth-order valence-electron chi connectivity index (χ4n) is 2.44. The minimum absolute atomic E-state index is 0.564. The highest BCUT2D eigenvalue weighted by Crippen LogP contribution is 2.23. The van der Waals surface area contributed by atoms with Crippen molar-refractivity contribution in [3.8, 4) is 0 Å². The van der Waals surface area contributed by atoms with Crippen molar-refractivity contribution in [1.29, 1.82) is 0 Å². The third-order valence-electron chi connectivity index (χ3n) is 4.10. The molecule has 0 aromatic carbocycles. The molecule has 0 saturated carbocycles. The van der Waals surface area contributed by atoms with Crippen LogP contribution in [0.4, 0.5) is 0 Å². The molecule has 0 spiro atoms. The molecule has 0 amide bonds. The predicted molar refractivity (Wildman–Crippen MR) is 96.7 cm³/mol. The zero-order valence-corrected chi connectivity index (χ0v) is 15.3. The molecule has 0 bridgehead atoms. The molecule has 0 saturated heterocycles. The van der Waals surface area contributed by atoms with Crippen LogP contribution in [0.2, 0.25) is 0 Å². The SMILES string of the molecule is CCCC/C=C\CCCCCCCCCCC(C)(Cl)C(=O)O. The van der Waals surface area contributed by atoms with Crippen LogP contribution in [0.15, 0.2) is 12.2 Å². The highest BCUT2D eigenvalue weighted by molar-refractivity contribution is 6.33. The van der Waals surface area contributed by atoms with Crippen molar-refractivity contribution in [2.24, 2.45) is 0 Å². The minimum atomic E-state index is -1.08. The largest absolute Gasteiger partial charge is 0.480 e. The number of carboxylic acids is 1. The van der Waals surface area contributed by atoms with Gasteiger partial charge in [0.1, 0.15) is 4.87 Å². The molecule has 0 aromatic heterocycles. The maximum absolute atomic E-state index is 10.8. The van der Waals surface area contributed by atoms with Gasteiger partial charge in [0.2, 0.25) is 0 Å². The maximum atomic E-state index is 10.8. The number of unbranched alkanes of at least 4 members (excludes halogenated alkanes) is 10. The molecular weight excluding hydrogens is 296 g/mol. The van der Waals surface area contributed by atoms with Gasteiger partial charge in [0.05, 0.1) is 0 Å². The first kappa shape index (κ1) is 21.5. The van der Waals surface area contributed by atoms with Gasteiger partial charge >= 0.3 is 5.97 Å². The average molecular weight is 331 g/mol. The average Bonchev–Trinajstić information content (AvgIpc) is 2.47. The van der Waals surface area contributed by atoms with E-state index in [1.165, 1.54) is 64.2 Å². The molecule has 0 aliphatic rings. The number of hydrogen-bond donors (Lipinski definition) is 1. The lowest BCUT2D eigenvalue weighted by molar-refractivity contribution is -0.139. The Morgan fingerprint density at radius 3 is 1.86 bits per heavy atom. The van der Waals surface area contributed by atoms with Crippen molar-refractivity contribution >= 4 is 17.6 Å². The van der Waals surface area contributed by atoms with Gasteiger partial charge in [0.25, 0.3) is 0 Å². The number of carboxylic acid groups (broad SMARTS) is 1. The Hall–Kier alpha value is -0.500. The third-order valence-corrected chi connectivity index (χ3v) is 4.45. The molecule has 0 aliphatic heterocycles. The van der Waals surface area contributed by atoms with Gasteiger partial charge in [-0.2, -0.15) is 0 Å². The first-order valence-electron chi connectivity index (χ1n) is 9.08. The summed E-state index contributed by atoms with van der Waals surface area (Å²) in [4.78, 5) is 9.77. The molecule has 0 radical (unpaired) electrons. The number of rotatable bonds is 15. The van der Waals surface area contributed by atoms with Gasteiger partial charge in [0.15, 0.2) is 0 Å². The van der Waals surface area contributed by atoms with Gasteiger partial charge in [-0.25, -0.2) is 0 Å². The number of halogens is 1. The molecule has 3 heteroatoms. The summed E-state index contributed by atoms with van der Waals surface area (Å²) in [6, 6.07) is 0. The lowest BCUT2D eigenvalue weighted by atomic mass is 10.0. The molecule has 0 aliphatic carbocycles. The van der Waals surface area contributed by atoms with Crippen LogP contribution in [0.1, 0.15) is 97.3 Å². The van der Waals surface area contributed by atoms with E-state index in [-0.39, 0.29) is 0 Å². The summed E-state index contributed by atoms with van der Waals surface area (Å²) < 4.78 is 0. The van der Waals surface area contributed by atoms with Crippen LogP contribution >= 0.6 is 11.6 Å². The smallest absolute Gasteiger partial charge is 0.324 e. The number of hydrogen-bond acceptors (Lipinski definition) is 1. The second-order valence-electron chi connectivity index (χ2n) is 6.48. The molecule has 1 unspecified atom stereocenters. The van der Waals surface area contributed by atoms with Crippen LogP contribution < -0.4 is 0 Å². The minimum Gasteiger partial charge on any atom is -0.480 e. The van der Waals surface area contributed by atoms with Crippen LogP contribution in [0.5, 0.6) is 0 Å². The van der Waals surface area contributed by atoms with Crippen LogP contribution in [-0.4, -0.2) is 16.0 Å². The molecular formula is C19H35ClO2. The first-order chi connectivity index (χ1) is 10.5. The van der Waals surface area contributed by atoms with Crippen molar-refractivity contribution in [3.63, 3.8) is 0 Å². The lowest BCUT2D eigenvalue weighted by Gasteiger charge is -2.15. The Bertz CT molecular complexity index is 298. The van der Waals surface area contributed by atoms with Crippen molar-refractivity contribution in [2.75, 3.05) is 0 Å². The van der Waals surface area contributed by atoms with E-state index < -0.39 is 10.8 Å². The Labute approximate surface area is 142 Å². The zero-order valence-electron chi connectivity index (χ0n) is 14.6. The fourth-order valence-corrected chi connectivity index (χ4v) is 2.58. The van der Waals surface area contributed by atoms with Crippen molar-refractivity contribution < 1.29 is 9.90 Å². The highest BCUT2D eigenvalue weighted by atomic mass is 35.5. The molecule has 22 heavy (non-hydrogen) atoms. The number of alkyl halides is 1. The van der Waals surface area contributed by atoms with E-state index in [9.17, 15) is 4.79 Å². The molecule has 0 rings (SSSR count). The summed E-state index contributed by atoms with van der Waals surface area (Å²) in [6.45, 7) is 3.82. The fraction of sp³-hybridized carbons (Fsp3) is 0.842. The van der Waals surface area contributed by atoms with Gasteiger partial charge in [-0.15, -0.1) is 11.6 Å². The molecule has 0 fully saturated rings. The Morgan fingerprint density at radius 1 is 0.909 bits per heavy atom. The van der Waals surface area contributed by atoms with E-state index in [2.05, 4.69) is 19.1 Å². The zero-order chi connectivity index (χ0) is 16.7. The number of allylic oxidation sites excluding steroid dienone is 2. The van der Waals surface area contributed by atoms with Crippen molar-refractivity contribution in [1.82, 2.24) is 0 Å². The lowest BCUT2D eigenvalue weighted by Crippen LogP contribution is -2.28. The second-order valence-corrected chi connectivity index (χ2v) is 7.32. The summed E-state index contributed by atoms with van der Waals surface area (Å²) in [6.07, 6.45) is 20.0. The molecule has 1 N–H and O–H groups in total. The van der Waals surface area contributed by atoms with E-state index in [1.54, 1.807) is 6.92 Å². The van der Waals surface area contributed by atoms with Gasteiger partial charge in [-0.05, 0) is 32.6 Å². The summed E-state index contributed by atoms with van der Waals surface area (Å²) in [5.74, 6) is -0.905. The predicted octanol–water partition coefficient (Wildman–Crippen LogP) is 6.72. The van der Waals surface area contributed by atoms with Crippen LogP contribution in [0.3, 0.4) is 0 Å². The Kier molecular flexibility index (Phi) is 13.8. The van der Waals surface area contributed by atoms with E-state index in [0.717, 1.165) is 12.8 Å². The monoisotopic (exact) mass is 330 g/mol. The first-order valence-corrected chi connectivity index (χ1v) is 9.46. The maximum Gasteiger partial charge on any atom is 0.324 e. The Morgan fingerprint density at radius 2 is 1.36 bits per heavy atom. The van der Waals surface area contributed by atoms with Gasteiger partial charge < -0.3 is 5.11 Å². The number of carbonyl (C=O) groups is 1. The second kappa shape index (κ2) is 14.1. The third kappa shape index (κ3) is 13.2. The molecule has 0 aromatic rings. The molecule has 0 heterocycles. The summed E-state index contributed by atoms with van der Waals surface area (Å²) >= 11 is 5.92. The van der Waals surface area contributed by atoms with Gasteiger partial charge in [-0.3, -0.25) is 4.79 Å². The Balaban J connectivity index is 3.24. The van der Waals surface area contributed by atoms with Crippen LogP contribution in [-0.2, 0) is 4.79 Å². The molecule has 1 atom stereocenters. The summed E-state index contributed by atoms with van der Waals surface area (Å²) in [5.41, 5.74) is 0. The highest BCUT2D eigenvalue weighted by Gasteiger charge is 2.29. The van der Waals surface area contributed by atoms with Crippen molar-refractivity contribution in [3.05, 3.63) is 12.2 Å². The van der Waals surface area contributed by atoms with E-state index in [4.69, 9.17) is 16.7 Å².